The van der Waals surface area contributed by atoms with Crippen molar-refractivity contribution in [2.45, 2.75) is 49.7 Å². The molecule has 2 fully saturated rings. The number of halogens is 4. The number of nitrogens with one attached hydrogen (secondary N) is 1. The lowest BCUT2D eigenvalue weighted by Crippen LogP contribution is -2.56. The van der Waals surface area contributed by atoms with Crippen molar-refractivity contribution in [2.75, 3.05) is 9.80 Å². The van der Waals surface area contributed by atoms with Crippen LogP contribution < -0.4 is 15.1 Å². The van der Waals surface area contributed by atoms with Crippen LogP contribution in [-0.4, -0.2) is 40.7 Å². The Labute approximate surface area is 232 Å². The number of nitriles is 1. The lowest BCUT2D eigenvalue weighted by molar-refractivity contribution is -0.133. The highest BCUT2D eigenvalue weighted by Crippen LogP contribution is 2.39. The number of pyridine rings is 1. The Bertz CT molecular complexity index is 1550. The van der Waals surface area contributed by atoms with Crippen molar-refractivity contribution in [3.05, 3.63) is 89.6 Å². The van der Waals surface area contributed by atoms with Crippen molar-refractivity contribution < 1.29 is 31.9 Å². The molecule has 3 aromatic rings. The SMILES string of the molecule is N#Cc1ccnc(N2C(=O)CC[C@H]2C(=O)N(c2cccc(F)c2)C(C(=O)NC2CC(F)(F)C2)c2ccccc2F)c1. The van der Waals surface area contributed by atoms with E-state index in [0.29, 0.717) is 0 Å². The summed E-state index contributed by atoms with van der Waals surface area (Å²) in [6.45, 7) is 0. The summed E-state index contributed by atoms with van der Waals surface area (Å²) in [7, 11) is 0. The topological polar surface area (TPSA) is 106 Å². The van der Waals surface area contributed by atoms with Gasteiger partial charge in [0.25, 0.3) is 11.8 Å². The molecule has 2 atom stereocenters. The van der Waals surface area contributed by atoms with Gasteiger partial charge in [0, 0.05) is 42.8 Å². The highest BCUT2D eigenvalue weighted by atomic mass is 19.3. The third-order valence-electron chi connectivity index (χ3n) is 7.09. The minimum absolute atomic E-state index is 0.0115. The fourth-order valence-electron chi connectivity index (χ4n) is 5.15. The van der Waals surface area contributed by atoms with E-state index in [-0.39, 0.29) is 35.5 Å². The van der Waals surface area contributed by atoms with E-state index in [1.165, 1.54) is 48.7 Å². The molecule has 0 radical (unpaired) electrons. The number of rotatable bonds is 7. The molecule has 8 nitrogen and oxygen atoms in total. The van der Waals surface area contributed by atoms with E-state index in [0.717, 1.165) is 28.0 Å². The van der Waals surface area contributed by atoms with E-state index < -0.39 is 66.2 Å². The van der Waals surface area contributed by atoms with Gasteiger partial charge in [-0.2, -0.15) is 5.26 Å². The maximum absolute atomic E-state index is 15.2. The first kappa shape index (κ1) is 27.8. The summed E-state index contributed by atoms with van der Waals surface area (Å²) in [5, 5.41) is 11.8. The highest BCUT2D eigenvalue weighted by Gasteiger charge is 2.48. The van der Waals surface area contributed by atoms with Crippen LogP contribution in [0.25, 0.3) is 0 Å². The number of anilines is 2. The molecular formula is C29H23F4N5O3. The third kappa shape index (κ3) is 5.61. The molecule has 1 aliphatic heterocycles. The molecule has 1 saturated carbocycles. The molecule has 0 bridgehead atoms. The molecule has 1 aliphatic carbocycles. The Morgan fingerprint density at radius 3 is 2.54 bits per heavy atom. The minimum atomic E-state index is -2.96. The Kier molecular flexibility index (Phi) is 7.45. The summed E-state index contributed by atoms with van der Waals surface area (Å²) in [5.74, 6) is -6.83. The van der Waals surface area contributed by atoms with Crippen molar-refractivity contribution in [2.24, 2.45) is 0 Å². The van der Waals surface area contributed by atoms with Crippen LogP contribution in [0.2, 0.25) is 0 Å². The van der Waals surface area contributed by atoms with Crippen molar-refractivity contribution in [3.63, 3.8) is 0 Å². The number of amides is 3. The number of alkyl halides is 2. The molecule has 5 rings (SSSR count). The van der Waals surface area contributed by atoms with Crippen LogP contribution in [0.4, 0.5) is 29.1 Å². The van der Waals surface area contributed by atoms with Crippen LogP contribution >= 0.6 is 0 Å². The lowest BCUT2D eigenvalue weighted by atomic mass is 9.87. The molecule has 41 heavy (non-hydrogen) atoms. The van der Waals surface area contributed by atoms with E-state index in [1.54, 1.807) is 0 Å². The fourth-order valence-corrected chi connectivity index (χ4v) is 5.15. The first-order chi connectivity index (χ1) is 19.6. The first-order valence-corrected chi connectivity index (χ1v) is 12.8. The molecule has 2 aliphatic rings. The quantitative estimate of drug-likeness (QED) is 0.427. The third-order valence-corrected chi connectivity index (χ3v) is 7.09. The maximum atomic E-state index is 15.2. The summed E-state index contributed by atoms with van der Waals surface area (Å²) >= 11 is 0. The van der Waals surface area contributed by atoms with Crippen molar-refractivity contribution in [1.82, 2.24) is 10.3 Å². The molecule has 1 saturated heterocycles. The van der Waals surface area contributed by atoms with Crippen molar-refractivity contribution in [3.8, 4) is 6.07 Å². The van der Waals surface area contributed by atoms with E-state index in [2.05, 4.69) is 10.3 Å². The van der Waals surface area contributed by atoms with Gasteiger partial charge in [-0.3, -0.25) is 24.2 Å². The van der Waals surface area contributed by atoms with Gasteiger partial charge in [0.1, 0.15) is 29.5 Å². The molecule has 1 N–H and O–H groups in total. The molecule has 12 heteroatoms. The van der Waals surface area contributed by atoms with Crippen molar-refractivity contribution in [1.29, 1.82) is 5.26 Å². The molecule has 3 amide bonds. The van der Waals surface area contributed by atoms with Crippen LogP contribution in [0, 0.1) is 23.0 Å². The number of carbonyl (C=O) groups excluding carboxylic acids is 3. The number of carbonyl (C=O) groups is 3. The van der Waals surface area contributed by atoms with Crippen LogP contribution in [-0.2, 0) is 14.4 Å². The van der Waals surface area contributed by atoms with Crippen LogP contribution in [0.3, 0.4) is 0 Å². The van der Waals surface area contributed by atoms with Gasteiger partial charge >= 0.3 is 0 Å². The average Bonchev–Trinajstić information content (AvgIpc) is 3.32. The molecular weight excluding hydrogens is 542 g/mol. The monoisotopic (exact) mass is 565 g/mol. The minimum Gasteiger partial charge on any atom is -0.351 e. The molecule has 0 spiro atoms. The Balaban J connectivity index is 1.61. The Morgan fingerprint density at radius 2 is 1.85 bits per heavy atom. The number of hydrogen-bond donors (Lipinski definition) is 1. The number of aromatic nitrogens is 1. The first-order valence-electron chi connectivity index (χ1n) is 12.8. The van der Waals surface area contributed by atoms with Crippen LogP contribution in [0.1, 0.15) is 42.9 Å². The predicted octanol–water partition coefficient (Wildman–Crippen LogP) is 4.42. The van der Waals surface area contributed by atoms with Gasteiger partial charge in [-0.1, -0.05) is 24.3 Å². The zero-order valence-electron chi connectivity index (χ0n) is 21.4. The summed E-state index contributed by atoms with van der Waals surface area (Å²) in [5.41, 5.74) is -0.187. The molecule has 1 unspecified atom stereocenters. The van der Waals surface area contributed by atoms with Crippen molar-refractivity contribution >= 4 is 29.2 Å². The van der Waals surface area contributed by atoms with Gasteiger partial charge < -0.3 is 5.32 Å². The summed E-state index contributed by atoms with van der Waals surface area (Å²) in [6.07, 6.45) is -0.0256. The maximum Gasteiger partial charge on any atom is 0.252 e. The van der Waals surface area contributed by atoms with Gasteiger partial charge in [-0.15, -0.1) is 0 Å². The highest BCUT2D eigenvalue weighted by molar-refractivity contribution is 6.10. The Hall–Kier alpha value is -4.79. The largest absolute Gasteiger partial charge is 0.351 e. The summed E-state index contributed by atoms with van der Waals surface area (Å²) in [4.78, 5) is 47.1. The molecule has 1 aromatic heterocycles. The zero-order valence-corrected chi connectivity index (χ0v) is 21.4. The van der Waals surface area contributed by atoms with Gasteiger partial charge in [-0.05, 0) is 42.8 Å². The smallest absolute Gasteiger partial charge is 0.252 e. The molecule has 2 heterocycles. The summed E-state index contributed by atoms with van der Waals surface area (Å²) < 4.78 is 56.8. The standard InChI is InChI=1S/C29H23F4N5O3/c30-18-4-3-5-20(13-18)37(28(41)23-8-9-25(39)38(23)24-12-17(16-34)10-11-35-24)26(21-6-1-2-7-22(21)31)27(40)36-19-14-29(32,33)15-19/h1-7,10-13,19,23,26H,8-9,14-15H2,(H,36,40)/t23-,26?/m0/s1. The van der Waals surface area contributed by atoms with E-state index >= 15 is 4.39 Å². The van der Waals surface area contributed by atoms with E-state index in [9.17, 15) is 32.8 Å². The van der Waals surface area contributed by atoms with E-state index in [1.807, 2.05) is 6.07 Å². The fraction of sp³-hybridized carbons (Fsp3) is 0.276. The van der Waals surface area contributed by atoms with Gasteiger partial charge in [0.2, 0.25) is 11.8 Å². The predicted molar refractivity (Wildman–Crippen MR) is 139 cm³/mol. The lowest BCUT2D eigenvalue weighted by Gasteiger charge is -2.39. The van der Waals surface area contributed by atoms with E-state index in [4.69, 9.17) is 0 Å². The average molecular weight is 566 g/mol. The second kappa shape index (κ2) is 11.0. The Morgan fingerprint density at radius 1 is 1.10 bits per heavy atom. The molecule has 2 aromatic carbocycles. The van der Waals surface area contributed by atoms with Crippen LogP contribution in [0.5, 0.6) is 0 Å². The number of hydrogen-bond acceptors (Lipinski definition) is 5. The molecule has 210 valence electrons. The number of benzene rings is 2. The van der Waals surface area contributed by atoms with Gasteiger partial charge in [0.15, 0.2) is 0 Å². The zero-order chi connectivity index (χ0) is 29.3. The normalized spacial score (nSPS) is 18.8. The number of nitrogens with zero attached hydrogens (tertiary/aromatic N) is 4. The second-order valence-electron chi connectivity index (χ2n) is 9.91. The second-order valence-corrected chi connectivity index (χ2v) is 9.91. The van der Waals surface area contributed by atoms with Gasteiger partial charge in [0.05, 0.1) is 11.6 Å². The van der Waals surface area contributed by atoms with Crippen LogP contribution in [0.15, 0.2) is 66.9 Å². The van der Waals surface area contributed by atoms with Gasteiger partial charge in [-0.25, -0.2) is 22.5 Å². The summed E-state index contributed by atoms with van der Waals surface area (Å²) in [6, 6.07) is 10.7.